The molecule has 27 heavy (non-hydrogen) atoms. The molecule has 0 bridgehead atoms. The molecule has 1 aromatic heterocycles. The van der Waals surface area contributed by atoms with Gasteiger partial charge in [0.2, 0.25) is 0 Å². The van der Waals surface area contributed by atoms with Crippen LogP contribution in [0.3, 0.4) is 0 Å². The van der Waals surface area contributed by atoms with E-state index in [-0.39, 0.29) is 0 Å². The molecule has 0 fully saturated rings. The first kappa shape index (κ1) is 18.3. The lowest BCUT2D eigenvalue weighted by Gasteiger charge is -2.09. The van der Waals surface area contributed by atoms with Crippen LogP contribution >= 0.6 is 0 Å². The van der Waals surface area contributed by atoms with E-state index in [0.29, 0.717) is 22.6 Å². The maximum atomic E-state index is 12.1. The topological polar surface area (TPSA) is 70.8 Å². The largest absolute Gasteiger partial charge is 0.503 e. The second-order valence-electron chi connectivity index (χ2n) is 5.61. The number of carbonyl (C=O) groups is 1. The van der Waals surface area contributed by atoms with E-state index in [4.69, 9.17) is 18.7 Å². The lowest BCUT2D eigenvalue weighted by molar-refractivity contribution is -0.133. The van der Waals surface area contributed by atoms with E-state index in [1.807, 2.05) is 48.5 Å². The van der Waals surface area contributed by atoms with Gasteiger partial charge in [-0.1, -0.05) is 29.4 Å². The molecular formula is C21H19NO5. The Labute approximate surface area is 157 Å². The van der Waals surface area contributed by atoms with E-state index in [9.17, 15) is 4.79 Å². The van der Waals surface area contributed by atoms with Crippen LogP contribution < -0.4 is 4.74 Å². The summed E-state index contributed by atoms with van der Waals surface area (Å²) in [5.74, 6) is 0.872. The SMILES string of the molecule is COC=C(C(=O)OC)c1ccccc1-c1cc(-c2ccc(OC)cc2)on1. The van der Waals surface area contributed by atoms with E-state index in [1.54, 1.807) is 13.2 Å². The first-order valence-electron chi connectivity index (χ1n) is 8.20. The Morgan fingerprint density at radius 3 is 2.44 bits per heavy atom. The van der Waals surface area contributed by atoms with Crippen LogP contribution in [-0.2, 0) is 14.3 Å². The van der Waals surface area contributed by atoms with E-state index in [2.05, 4.69) is 5.16 Å². The Hall–Kier alpha value is -3.54. The molecule has 2 aromatic carbocycles. The zero-order chi connectivity index (χ0) is 19.2. The maximum Gasteiger partial charge on any atom is 0.341 e. The van der Waals surface area contributed by atoms with Crippen molar-refractivity contribution in [2.24, 2.45) is 0 Å². The minimum absolute atomic E-state index is 0.296. The summed E-state index contributed by atoms with van der Waals surface area (Å²) in [7, 11) is 4.42. The van der Waals surface area contributed by atoms with E-state index in [1.165, 1.54) is 20.5 Å². The fraction of sp³-hybridized carbons (Fsp3) is 0.143. The van der Waals surface area contributed by atoms with Gasteiger partial charge < -0.3 is 18.7 Å². The quantitative estimate of drug-likeness (QED) is 0.371. The van der Waals surface area contributed by atoms with Gasteiger partial charge in [-0.05, 0) is 24.3 Å². The van der Waals surface area contributed by atoms with Crippen LogP contribution in [-0.4, -0.2) is 32.5 Å². The summed E-state index contributed by atoms with van der Waals surface area (Å²) < 4.78 is 20.6. The molecule has 0 amide bonds. The van der Waals surface area contributed by atoms with Crippen molar-refractivity contribution in [2.45, 2.75) is 0 Å². The molecule has 1 heterocycles. The number of benzene rings is 2. The molecular weight excluding hydrogens is 346 g/mol. The Morgan fingerprint density at radius 1 is 1.04 bits per heavy atom. The Bertz CT molecular complexity index is 957. The molecule has 0 spiro atoms. The first-order chi connectivity index (χ1) is 13.2. The standard InChI is InChI=1S/C21H19NO5/c1-24-13-18(21(23)26-3)16-6-4-5-7-17(16)19-12-20(27-22-19)14-8-10-15(25-2)11-9-14/h4-13H,1-3H3. The van der Waals surface area contributed by atoms with Gasteiger partial charge in [0.15, 0.2) is 5.76 Å². The number of nitrogens with zero attached hydrogens (tertiary/aromatic N) is 1. The number of methoxy groups -OCH3 is 3. The first-order valence-corrected chi connectivity index (χ1v) is 8.20. The summed E-state index contributed by atoms with van der Waals surface area (Å²) in [5.41, 5.74) is 3.13. The lowest BCUT2D eigenvalue weighted by Crippen LogP contribution is -2.05. The summed E-state index contributed by atoms with van der Waals surface area (Å²) in [5, 5.41) is 4.17. The number of ether oxygens (including phenoxy) is 3. The number of hydrogen-bond donors (Lipinski definition) is 0. The second-order valence-corrected chi connectivity index (χ2v) is 5.61. The van der Waals surface area contributed by atoms with Gasteiger partial charge in [0, 0.05) is 22.8 Å². The van der Waals surface area contributed by atoms with Crippen molar-refractivity contribution in [1.29, 1.82) is 0 Å². The van der Waals surface area contributed by atoms with Gasteiger partial charge in [-0.2, -0.15) is 0 Å². The molecule has 0 aliphatic carbocycles. The molecule has 138 valence electrons. The third-order valence-corrected chi connectivity index (χ3v) is 4.02. The predicted molar refractivity (Wildman–Crippen MR) is 101 cm³/mol. The zero-order valence-corrected chi connectivity index (χ0v) is 15.3. The fourth-order valence-electron chi connectivity index (χ4n) is 2.68. The van der Waals surface area contributed by atoms with Gasteiger partial charge in [-0.25, -0.2) is 4.79 Å². The van der Waals surface area contributed by atoms with Crippen LogP contribution in [0.15, 0.2) is 65.4 Å². The van der Waals surface area contributed by atoms with Crippen LogP contribution in [0.2, 0.25) is 0 Å². The molecule has 0 radical (unpaired) electrons. The minimum atomic E-state index is -0.497. The van der Waals surface area contributed by atoms with E-state index < -0.39 is 5.97 Å². The molecule has 3 rings (SSSR count). The van der Waals surface area contributed by atoms with Gasteiger partial charge in [-0.15, -0.1) is 0 Å². The van der Waals surface area contributed by atoms with Crippen molar-refractivity contribution in [3.63, 3.8) is 0 Å². The molecule has 6 heteroatoms. The molecule has 0 saturated heterocycles. The second kappa shape index (κ2) is 8.23. The lowest BCUT2D eigenvalue weighted by atomic mass is 9.98. The van der Waals surface area contributed by atoms with Crippen LogP contribution in [0, 0.1) is 0 Å². The number of carbonyl (C=O) groups excluding carboxylic acids is 1. The highest BCUT2D eigenvalue weighted by molar-refractivity contribution is 6.17. The van der Waals surface area contributed by atoms with Crippen molar-refractivity contribution < 1.29 is 23.5 Å². The average Bonchev–Trinajstić information content (AvgIpc) is 3.21. The highest BCUT2D eigenvalue weighted by atomic mass is 16.5. The van der Waals surface area contributed by atoms with Crippen LogP contribution in [0.25, 0.3) is 28.2 Å². The van der Waals surface area contributed by atoms with Crippen molar-refractivity contribution in [3.8, 4) is 28.3 Å². The summed E-state index contributed by atoms with van der Waals surface area (Å²) in [4.78, 5) is 12.1. The number of aromatic nitrogens is 1. The minimum Gasteiger partial charge on any atom is -0.503 e. The van der Waals surface area contributed by atoms with Gasteiger partial charge >= 0.3 is 5.97 Å². The third kappa shape index (κ3) is 3.84. The fourth-order valence-corrected chi connectivity index (χ4v) is 2.68. The average molecular weight is 365 g/mol. The van der Waals surface area contributed by atoms with Crippen LogP contribution in [0.4, 0.5) is 0 Å². The van der Waals surface area contributed by atoms with Crippen molar-refractivity contribution in [1.82, 2.24) is 5.16 Å². The van der Waals surface area contributed by atoms with Crippen LogP contribution in [0.1, 0.15) is 5.56 Å². The zero-order valence-electron chi connectivity index (χ0n) is 15.3. The normalized spacial score (nSPS) is 11.1. The molecule has 0 N–H and O–H groups in total. The molecule has 6 nitrogen and oxygen atoms in total. The number of hydrogen-bond acceptors (Lipinski definition) is 6. The Kier molecular flexibility index (Phi) is 5.56. The summed E-state index contributed by atoms with van der Waals surface area (Å²) >= 11 is 0. The Balaban J connectivity index is 2.02. The predicted octanol–water partition coefficient (Wildman–Crippen LogP) is 4.18. The molecule has 3 aromatic rings. The van der Waals surface area contributed by atoms with Crippen LogP contribution in [0.5, 0.6) is 5.75 Å². The monoisotopic (exact) mass is 365 g/mol. The number of rotatable bonds is 6. The van der Waals surface area contributed by atoms with Crippen molar-refractivity contribution in [2.75, 3.05) is 21.3 Å². The molecule has 0 aliphatic rings. The smallest absolute Gasteiger partial charge is 0.341 e. The molecule has 0 saturated carbocycles. The third-order valence-electron chi connectivity index (χ3n) is 4.02. The van der Waals surface area contributed by atoms with Gasteiger partial charge in [0.25, 0.3) is 0 Å². The molecule has 0 unspecified atom stereocenters. The highest BCUT2D eigenvalue weighted by Crippen LogP contribution is 2.32. The van der Waals surface area contributed by atoms with Crippen molar-refractivity contribution in [3.05, 3.63) is 66.4 Å². The Morgan fingerprint density at radius 2 is 1.78 bits per heavy atom. The molecule has 0 atom stereocenters. The van der Waals surface area contributed by atoms with Crippen molar-refractivity contribution >= 4 is 11.5 Å². The summed E-state index contributed by atoms with van der Waals surface area (Å²) in [6, 6.07) is 16.7. The van der Waals surface area contributed by atoms with Gasteiger partial charge in [0.1, 0.15) is 17.0 Å². The number of esters is 1. The van der Waals surface area contributed by atoms with E-state index in [0.717, 1.165) is 16.9 Å². The maximum absolute atomic E-state index is 12.1. The summed E-state index contributed by atoms with van der Waals surface area (Å²) in [6.07, 6.45) is 1.36. The van der Waals surface area contributed by atoms with Gasteiger partial charge in [-0.3, -0.25) is 0 Å². The highest BCUT2D eigenvalue weighted by Gasteiger charge is 2.19. The molecule has 0 aliphatic heterocycles. The summed E-state index contributed by atoms with van der Waals surface area (Å²) in [6.45, 7) is 0. The van der Waals surface area contributed by atoms with Gasteiger partial charge in [0.05, 0.1) is 27.6 Å². The van der Waals surface area contributed by atoms with E-state index >= 15 is 0 Å².